The van der Waals surface area contributed by atoms with E-state index in [1.165, 1.54) is 24.6 Å². The molecule has 0 amide bonds. The molecule has 0 spiro atoms. The number of hydrogen-bond donors (Lipinski definition) is 1. The van der Waals surface area contributed by atoms with Crippen molar-refractivity contribution < 1.29 is 22.7 Å². The van der Waals surface area contributed by atoms with Gasteiger partial charge in [-0.15, -0.1) is 11.3 Å². The number of methoxy groups -OCH3 is 2. The zero-order chi connectivity index (χ0) is 16.6. The van der Waals surface area contributed by atoms with Crippen molar-refractivity contribution >= 4 is 27.3 Å². The molecule has 2 bridgehead atoms. The molecule has 0 aromatic carbocycles. The average Bonchev–Trinajstić information content (AvgIpc) is 3.09. The average molecular weight is 360 g/mol. The first-order valence-corrected chi connectivity index (χ1v) is 9.73. The Bertz CT molecular complexity index is 700. The second-order valence-corrected chi connectivity index (χ2v) is 8.93. The van der Waals surface area contributed by atoms with E-state index >= 15 is 0 Å². The fourth-order valence-corrected chi connectivity index (χ4v) is 6.26. The molecule has 7 nitrogen and oxygen atoms in total. The van der Waals surface area contributed by atoms with Crippen LogP contribution in [0.5, 0.6) is 5.75 Å². The van der Waals surface area contributed by atoms with Gasteiger partial charge in [-0.1, -0.05) is 0 Å². The number of thiophene rings is 1. The van der Waals surface area contributed by atoms with E-state index < -0.39 is 16.0 Å². The van der Waals surface area contributed by atoms with Crippen LogP contribution in [0.15, 0.2) is 10.3 Å². The van der Waals surface area contributed by atoms with Crippen molar-refractivity contribution in [3.63, 3.8) is 0 Å². The van der Waals surface area contributed by atoms with Crippen LogP contribution in [0.2, 0.25) is 0 Å². The molecule has 128 valence electrons. The maximum absolute atomic E-state index is 13.0. The topological polar surface area (TPSA) is 84.9 Å². The monoisotopic (exact) mass is 360 g/mol. The van der Waals surface area contributed by atoms with E-state index in [-0.39, 0.29) is 20.9 Å². The van der Waals surface area contributed by atoms with Crippen LogP contribution in [-0.2, 0) is 14.8 Å². The maximum atomic E-state index is 13.0. The summed E-state index contributed by atoms with van der Waals surface area (Å²) in [4.78, 5) is 11.9. The minimum atomic E-state index is -3.69. The van der Waals surface area contributed by atoms with Crippen LogP contribution >= 0.6 is 11.3 Å². The predicted octanol–water partition coefficient (Wildman–Crippen LogP) is 1.06. The molecule has 0 aliphatic carbocycles. The minimum Gasteiger partial charge on any atom is -0.494 e. The van der Waals surface area contributed by atoms with Crippen molar-refractivity contribution in [2.75, 3.05) is 27.3 Å². The molecule has 1 aromatic heterocycles. The van der Waals surface area contributed by atoms with Crippen molar-refractivity contribution in [2.45, 2.75) is 35.6 Å². The van der Waals surface area contributed by atoms with Gasteiger partial charge in [-0.25, -0.2) is 13.2 Å². The summed E-state index contributed by atoms with van der Waals surface area (Å²) in [6.45, 7) is 0.929. The van der Waals surface area contributed by atoms with Crippen molar-refractivity contribution in [1.29, 1.82) is 0 Å². The Kier molecular flexibility index (Phi) is 4.63. The highest BCUT2D eigenvalue weighted by Gasteiger charge is 2.37. The molecule has 1 aromatic rings. The Hall–Kier alpha value is -1.16. The van der Waals surface area contributed by atoms with Crippen molar-refractivity contribution in [2.24, 2.45) is 0 Å². The Labute approximate surface area is 139 Å². The first kappa shape index (κ1) is 16.7. The number of nitrogens with one attached hydrogen (secondary N) is 1. The molecule has 2 saturated heterocycles. The molecule has 2 aliphatic rings. The van der Waals surface area contributed by atoms with Gasteiger partial charge in [-0.05, 0) is 19.3 Å². The first-order valence-electron chi connectivity index (χ1n) is 7.48. The standard InChI is InChI=1S/C14H20N2O5S2/c1-20-11-7-12(13(17)21-2)22-14(11)23(18,19)16-6-5-9-3-4-10(8-16)15-9/h7,9-10,15H,3-6,8H2,1-2H3. The smallest absolute Gasteiger partial charge is 0.348 e. The van der Waals surface area contributed by atoms with Gasteiger partial charge in [0.25, 0.3) is 10.0 Å². The summed E-state index contributed by atoms with van der Waals surface area (Å²) in [5.41, 5.74) is 0. The van der Waals surface area contributed by atoms with E-state index in [0.29, 0.717) is 19.1 Å². The van der Waals surface area contributed by atoms with Crippen LogP contribution in [0.3, 0.4) is 0 Å². The van der Waals surface area contributed by atoms with Gasteiger partial charge in [-0.2, -0.15) is 4.31 Å². The van der Waals surface area contributed by atoms with Crippen molar-refractivity contribution in [3.8, 4) is 5.75 Å². The molecular weight excluding hydrogens is 340 g/mol. The summed E-state index contributed by atoms with van der Waals surface area (Å²) in [6, 6.07) is 2.02. The fraction of sp³-hybridized carbons (Fsp3) is 0.643. The Morgan fingerprint density at radius 1 is 1.30 bits per heavy atom. The van der Waals surface area contributed by atoms with Crippen LogP contribution in [0.4, 0.5) is 0 Å². The Balaban J connectivity index is 1.92. The Morgan fingerprint density at radius 2 is 2.04 bits per heavy atom. The normalized spacial score (nSPS) is 25.1. The maximum Gasteiger partial charge on any atom is 0.348 e. The van der Waals surface area contributed by atoms with Crippen LogP contribution in [0, 0.1) is 0 Å². The SMILES string of the molecule is COC(=O)c1cc(OC)c(S(=O)(=O)N2CCC3CCC(C2)N3)s1. The van der Waals surface area contributed by atoms with Gasteiger partial charge in [0, 0.05) is 31.2 Å². The number of fused-ring (bicyclic) bond motifs is 2. The van der Waals surface area contributed by atoms with E-state index in [1.807, 2.05) is 0 Å². The quantitative estimate of drug-likeness (QED) is 0.808. The molecule has 2 unspecified atom stereocenters. The van der Waals surface area contributed by atoms with E-state index in [2.05, 4.69) is 10.1 Å². The van der Waals surface area contributed by atoms with Crippen LogP contribution < -0.4 is 10.1 Å². The highest BCUT2D eigenvalue weighted by molar-refractivity contribution is 7.91. The van der Waals surface area contributed by atoms with Gasteiger partial charge >= 0.3 is 5.97 Å². The zero-order valence-electron chi connectivity index (χ0n) is 13.1. The number of ether oxygens (including phenoxy) is 2. The molecule has 3 heterocycles. The van der Waals surface area contributed by atoms with Crippen LogP contribution in [0.1, 0.15) is 28.9 Å². The van der Waals surface area contributed by atoms with Gasteiger partial charge < -0.3 is 14.8 Å². The third-order valence-electron chi connectivity index (χ3n) is 4.33. The van der Waals surface area contributed by atoms with E-state index in [4.69, 9.17) is 4.74 Å². The Morgan fingerprint density at radius 3 is 2.74 bits per heavy atom. The summed E-state index contributed by atoms with van der Waals surface area (Å²) >= 11 is 0.895. The molecule has 1 N–H and O–H groups in total. The number of esters is 1. The lowest BCUT2D eigenvalue weighted by Crippen LogP contribution is -2.38. The molecule has 0 radical (unpaired) electrons. The largest absolute Gasteiger partial charge is 0.494 e. The van der Waals surface area contributed by atoms with Crippen molar-refractivity contribution in [1.82, 2.24) is 9.62 Å². The number of rotatable bonds is 4. The highest BCUT2D eigenvalue weighted by Crippen LogP contribution is 2.37. The summed E-state index contributed by atoms with van der Waals surface area (Å²) in [6.07, 6.45) is 2.90. The second kappa shape index (κ2) is 6.39. The predicted molar refractivity (Wildman–Crippen MR) is 85.5 cm³/mol. The zero-order valence-corrected chi connectivity index (χ0v) is 14.7. The molecule has 0 saturated carbocycles. The summed E-state index contributed by atoms with van der Waals surface area (Å²) in [5, 5.41) is 3.46. The molecule has 2 atom stereocenters. The van der Waals surface area contributed by atoms with Gasteiger partial charge in [0.15, 0.2) is 9.96 Å². The summed E-state index contributed by atoms with van der Waals surface area (Å²) in [7, 11) is -1.03. The number of nitrogens with zero attached hydrogens (tertiary/aromatic N) is 1. The molecule has 3 rings (SSSR count). The van der Waals surface area contributed by atoms with Gasteiger partial charge in [0.1, 0.15) is 4.88 Å². The number of sulfonamides is 1. The van der Waals surface area contributed by atoms with Crippen molar-refractivity contribution in [3.05, 3.63) is 10.9 Å². The van der Waals surface area contributed by atoms with Gasteiger partial charge in [0.2, 0.25) is 0 Å². The van der Waals surface area contributed by atoms with Crippen LogP contribution in [0.25, 0.3) is 0 Å². The third-order valence-corrected chi connectivity index (χ3v) is 7.79. The second-order valence-electron chi connectivity index (χ2n) is 5.75. The lowest BCUT2D eigenvalue weighted by Gasteiger charge is -2.23. The van der Waals surface area contributed by atoms with E-state index in [0.717, 1.165) is 30.6 Å². The summed E-state index contributed by atoms with van der Waals surface area (Å²) in [5.74, 6) is -0.371. The highest BCUT2D eigenvalue weighted by atomic mass is 32.2. The van der Waals surface area contributed by atoms with E-state index in [1.54, 1.807) is 0 Å². The molecular formula is C14H20N2O5S2. The molecule has 2 aliphatic heterocycles. The summed E-state index contributed by atoms with van der Waals surface area (Å²) < 4.78 is 37.4. The number of carbonyl (C=O) groups excluding carboxylic acids is 1. The fourth-order valence-electron chi connectivity index (χ4n) is 3.13. The number of hydrogen-bond acceptors (Lipinski definition) is 7. The van der Waals surface area contributed by atoms with Crippen LogP contribution in [-0.4, -0.2) is 58.1 Å². The third kappa shape index (κ3) is 3.10. The van der Waals surface area contributed by atoms with Gasteiger partial charge in [0.05, 0.1) is 14.2 Å². The molecule has 9 heteroatoms. The van der Waals surface area contributed by atoms with Gasteiger partial charge in [-0.3, -0.25) is 0 Å². The minimum absolute atomic E-state index is 0.0678. The number of carbonyl (C=O) groups is 1. The molecule has 2 fully saturated rings. The molecule has 23 heavy (non-hydrogen) atoms. The van der Waals surface area contributed by atoms with E-state index in [9.17, 15) is 13.2 Å². The first-order chi connectivity index (χ1) is 11.0. The lowest BCUT2D eigenvalue weighted by molar-refractivity contribution is 0.0606. The lowest BCUT2D eigenvalue weighted by atomic mass is 10.1.